The minimum atomic E-state index is -0.0681. The Morgan fingerprint density at radius 1 is 1.03 bits per heavy atom. The normalized spacial score (nSPS) is 10.9. The van der Waals surface area contributed by atoms with E-state index in [9.17, 15) is 4.79 Å². The van der Waals surface area contributed by atoms with Crippen molar-refractivity contribution in [3.05, 3.63) is 76.7 Å². The van der Waals surface area contributed by atoms with E-state index in [2.05, 4.69) is 16.0 Å². The number of fused-ring (bicyclic) bond motifs is 1. The van der Waals surface area contributed by atoms with E-state index in [1.165, 1.54) is 11.3 Å². The van der Waals surface area contributed by atoms with Crippen molar-refractivity contribution >= 4 is 28.3 Å². The van der Waals surface area contributed by atoms with Crippen molar-refractivity contribution in [2.75, 3.05) is 13.7 Å². The molecule has 2 aromatic heterocycles. The number of thiophene rings is 1. The molecule has 0 bridgehead atoms. The number of para-hydroxylation sites is 2. The molecule has 1 N–H and O–H groups in total. The van der Waals surface area contributed by atoms with Gasteiger partial charge in [0.1, 0.15) is 17.3 Å². The summed E-state index contributed by atoms with van der Waals surface area (Å²) in [4.78, 5) is 17.8. The first-order valence-electron chi connectivity index (χ1n) is 10.3. The van der Waals surface area contributed by atoms with Gasteiger partial charge in [-0.2, -0.15) is 0 Å². The fourth-order valence-corrected chi connectivity index (χ4v) is 4.04. The first-order chi connectivity index (χ1) is 15.2. The molecular weight excluding hydrogens is 410 g/mol. The fraction of sp³-hybridized carbons (Fsp3) is 0.250. The highest BCUT2D eigenvalue weighted by atomic mass is 32.1. The molecule has 0 saturated heterocycles. The predicted molar refractivity (Wildman–Crippen MR) is 123 cm³/mol. The highest BCUT2D eigenvalue weighted by Gasteiger charge is 2.12. The topological polar surface area (TPSA) is 65.4 Å². The molecule has 4 aromatic rings. The average Bonchev–Trinajstić information content (AvgIpc) is 3.46. The van der Waals surface area contributed by atoms with Crippen molar-refractivity contribution in [3.63, 3.8) is 0 Å². The lowest BCUT2D eigenvalue weighted by Crippen LogP contribution is -2.24. The molecule has 0 fully saturated rings. The van der Waals surface area contributed by atoms with Gasteiger partial charge >= 0.3 is 0 Å². The maximum atomic E-state index is 12.3. The number of hydrogen-bond acceptors (Lipinski definition) is 5. The van der Waals surface area contributed by atoms with Crippen LogP contribution in [0, 0.1) is 0 Å². The van der Waals surface area contributed by atoms with Crippen LogP contribution in [0.3, 0.4) is 0 Å². The zero-order chi connectivity index (χ0) is 21.5. The number of methoxy groups -OCH3 is 1. The molecule has 160 valence electrons. The first-order valence-corrected chi connectivity index (χ1v) is 11.2. The van der Waals surface area contributed by atoms with Crippen LogP contribution in [0.2, 0.25) is 0 Å². The van der Waals surface area contributed by atoms with Gasteiger partial charge in [0.05, 0.1) is 36.2 Å². The summed E-state index contributed by atoms with van der Waals surface area (Å²) in [7, 11) is 1.65. The van der Waals surface area contributed by atoms with Crippen molar-refractivity contribution in [1.82, 2.24) is 14.9 Å². The van der Waals surface area contributed by atoms with Gasteiger partial charge in [-0.05, 0) is 60.7 Å². The van der Waals surface area contributed by atoms with Crippen LogP contribution in [0.4, 0.5) is 0 Å². The van der Waals surface area contributed by atoms with E-state index < -0.39 is 0 Å². The summed E-state index contributed by atoms with van der Waals surface area (Å²) in [5.41, 5.74) is 2.02. The Labute approximate surface area is 185 Å². The molecule has 6 nitrogen and oxygen atoms in total. The lowest BCUT2D eigenvalue weighted by molar-refractivity contribution is 0.0953. The molecule has 0 atom stereocenters. The fourth-order valence-electron chi connectivity index (χ4n) is 3.40. The standard InChI is InChI=1S/C24H25N3O3S/c1-29-18-10-12-19(13-11-18)30-15-5-4-14-27-21-8-3-2-7-20(21)26-23(27)17-25-24(28)22-9-6-16-31-22/h2-3,6-13,16H,4-5,14-15,17H2,1H3,(H,25,28). The van der Waals surface area contributed by atoms with Crippen molar-refractivity contribution in [2.45, 2.75) is 25.9 Å². The first kappa shape index (κ1) is 20.9. The second kappa shape index (κ2) is 10.1. The van der Waals surface area contributed by atoms with Gasteiger partial charge in [-0.15, -0.1) is 11.3 Å². The van der Waals surface area contributed by atoms with Crippen LogP contribution in [0.1, 0.15) is 28.3 Å². The summed E-state index contributed by atoms with van der Waals surface area (Å²) in [6.07, 6.45) is 1.86. The van der Waals surface area contributed by atoms with Gasteiger partial charge in [0, 0.05) is 6.54 Å². The minimum absolute atomic E-state index is 0.0681. The number of carbonyl (C=O) groups is 1. The number of amides is 1. The van der Waals surface area contributed by atoms with Crippen molar-refractivity contribution in [1.29, 1.82) is 0 Å². The molecule has 31 heavy (non-hydrogen) atoms. The van der Waals surface area contributed by atoms with Crippen molar-refractivity contribution in [2.24, 2.45) is 0 Å². The van der Waals surface area contributed by atoms with Gasteiger partial charge in [-0.25, -0.2) is 4.98 Å². The average molecular weight is 436 g/mol. The smallest absolute Gasteiger partial charge is 0.261 e. The third-order valence-corrected chi connectivity index (χ3v) is 5.86. The predicted octanol–water partition coefficient (Wildman–Crippen LogP) is 4.90. The molecule has 0 aliphatic heterocycles. The van der Waals surface area contributed by atoms with Crippen LogP contribution in [-0.4, -0.2) is 29.2 Å². The largest absolute Gasteiger partial charge is 0.497 e. The SMILES string of the molecule is COc1ccc(OCCCCn2c(CNC(=O)c3cccs3)nc3ccccc32)cc1. The third kappa shape index (κ3) is 5.24. The van der Waals surface area contributed by atoms with Gasteiger partial charge in [0.25, 0.3) is 5.91 Å². The second-order valence-electron chi connectivity index (χ2n) is 7.06. The Hall–Kier alpha value is -3.32. The maximum Gasteiger partial charge on any atom is 0.261 e. The summed E-state index contributed by atoms with van der Waals surface area (Å²) in [6.45, 7) is 1.86. The minimum Gasteiger partial charge on any atom is -0.497 e. The van der Waals surface area contributed by atoms with Gasteiger partial charge in [-0.3, -0.25) is 4.79 Å². The Kier molecular flexibility index (Phi) is 6.84. The molecule has 1 amide bonds. The molecule has 0 saturated carbocycles. The lowest BCUT2D eigenvalue weighted by Gasteiger charge is -2.11. The quantitative estimate of drug-likeness (QED) is 0.360. The third-order valence-electron chi connectivity index (χ3n) is 4.99. The molecule has 0 aliphatic rings. The van der Waals surface area contributed by atoms with Gasteiger partial charge in [0.15, 0.2) is 0 Å². The van der Waals surface area contributed by atoms with Crippen LogP contribution in [0.5, 0.6) is 11.5 Å². The van der Waals surface area contributed by atoms with E-state index in [0.29, 0.717) is 18.0 Å². The van der Waals surface area contributed by atoms with Gasteiger partial charge < -0.3 is 19.4 Å². The summed E-state index contributed by atoms with van der Waals surface area (Å²) in [6, 6.07) is 19.4. The van der Waals surface area contributed by atoms with Gasteiger partial charge in [-0.1, -0.05) is 18.2 Å². The number of unbranched alkanes of at least 4 members (excludes halogenated alkanes) is 1. The van der Waals surface area contributed by atoms with E-state index in [-0.39, 0.29) is 5.91 Å². The lowest BCUT2D eigenvalue weighted by atomic mass is 10.3. The molecule has 0 aliphatic carbocycles. The molecule has 0 radical (unpaired) electrons. The van der Waals surface area contributed by atoms with Gasteiger partial charge in [0.2, 0.25) is 0 Å². The van der Waals surface area contributed by atoms with Crippen LogP contribution in [-0.2, 0) is 13.1 Å². The highest BCUT2D eigenvalue weighted by Crippen LogP contribution is 2.19. The molecule has 0 unspecified atom stereocenters. The van der Waals surface area contributed by atoms with Crippen molar-refractivity contribution < 1.29 is 14.3 Å². The Balaban J connectivity index is 1.34. The van der Waals surface area contributed by atoms with Crippen molar-refractivity contribution in [3.8, 4) is 11.5 Å². The molecule has 2 heterocycles. The molecule has 4 rings (SSSR count). The van der Waals surface area contributed by atoms with Crippen LogP contribution >= 0.6 is 11.3 Å². The van der Waals surface area contributed by atoms with E-state index in [0.717, 1.165) is 47.7 Å². The summed E-state index contributed by atoms with van der Waals surface area (Å²) >= 11 is 1.43. The van der Waals surface area contributed by atoms with Crippen LogP contribution in [0.25, 0.3) is 11.0 Å². The maximum absolute atomic E-state index is 12.3. The number of rotatable bonds is 10. The number of ether oxygens (including phenoxy) is 2. The Bertz CT molecular complexity index is 1120. The number of aryl methyl sites for hydroxylation is 1. The number of imidazole rings is 1. The number of hydrogen-bond donors (Lipinski definition) is 1. The van der Waals surface area contributed by atoms with Crippen LogP contribution in [0.15, 0.2) is 66.0 Å². The summed E-state index contributed by atoms with van der Waals surface area (Å²) < 4.78 is 13.2. The second-order valence-corrected chi connectivity index (χ2v) is 8.01. The van der Waals surface area contributed by atoms with E-state index in [4.69, 9.17) is 14.5 Å². The Morgan fingerprint density at radius 2 is 1.84 bits per heavy atom. The summed E-state index contributed by atoms with van der Waals surface area (Å²) in [5, 5.41) is 4.89. The number of carbonyl (C=O) groups excluding carboxylic acids is 1. The Morgan fingerprint density at radius 3 is 2.61 bits per heavy atom. The summed E-state index contributed by atoms with van der Waals surface area (Å²) in [5.74, 6) is 2.45. The van der Waals surface area contributed by atoms with E-state index >= 15 is 0 Å². The van der Waals surface area contributed by atoms with E-state index in [1.807, 2.05) is 60.0 Å². The van der Waals surface area contributed by atoms with Crippen LogP contribution < -0.4 is 14.8 Å². The monoisotopic (exact) mass is 435 g/mol. The molecular formula is C24H25N3O3S. The highest BCUT2D eigenvalue weighted by molar-refractivity contribution is 7.12. The number of nitrogens with zero attached hydrogens (tertiary/aromatic N) is 2. The molecule has 2 aromatic carbocycles. The van der Waals surface area contributed by atoms with E-state index in [1.54, 1.807) is 7.11 Å². The molecule has 7 heteroatoms. The zero-order valence-electron chi connectivity index (χ0n) is 17.4. The zero-order valence-corrected chi connectivity index (χ0v) is 18.2. The number of nitrogens with one attached hydrogen (secondary N) is 1. The number of aromatic nitrogens is 2. The number of benzene rings is 2. The molecule has 0 spiro atoms.